The van der Waals surface area contributed by atoms with Crippen molar-refractivity contribution >= 4 is 49.1 Å². The van der Waals surface area contributed by atoms with Crippen LogP contribution in [-0.2, 0) is 0 Å². The Morgan fingerprint density at radius 2 is 1.95 bits per heavy atom. The maximum atomic E-state index is 6.13. The van der Waals surface area contributed by atoms with Crippen molar-refractivity contribution < 1.29 is 0 Å². The van der Waals surface area contributed by atoms with Gasteiger partial charge in [-0.05, 0) is 72.6 Å². The molecule has 2 aromatic carbocycles. The molecule has 0 amide bonds. The van der Waals surface area contributed by atoms with E-state index in [1.54, 1.807) is 16.8 Å². The Morgan fingerprint density at radius 1 is 1.14 bits per heavy atom. The number of aromatic nitrogens is 4. The topological polar surface area (TPSA) is 69.6 Å². The summed E-state index contributed by atoms with van der Waals surface area (Å²) in [5.74, 6) is 0.576. The van der Waals surface area contributed by atoms with Crippen molar-refractivity contribution in [3.8, 4) is 17.1 Å². The fourth-order valence-electron chi connectivity index (χ4n) is 1.87. The molecular weight excluding hydrogens is 421 g/mol. The highest BCUT2D eigenvalue weighted by molar-refractivity contribution is 9.11. The van der Waals surface area contributed by atoms with Gasteiger partial charge in [-0.2, -0.15) is 4.68 Å². The molecule has 0 unspecified atom stereocenters. The molecule has 0 saturated heterocycles. The predicted molar refractivity (Wildman–Crippen MR) is 89.4 cm³/mol. The van der Waals surface area contributed by atoms with Gasteiger partial charge in [0.05, 0.1) is 15.2 Å². The van der Waals surface area contributed by atoms with E-state index < -0.39 is 0 Å². The monoisotopic (exact) mass is 427 g/mol. The molecular formula is C13H8Br2ClN5. The third-order valence-electron chi connectivity index (χ3n) is 2.89. The lowest BCUT2D eigenvalue weighted by atomic mass is 10.2. The minimum absolute atomic E-state index is 0.576. The van der Waals surface area contributed by atoms with Crippen molar-refractivity contribution in [2.75, 3.05) is 5.73 Å². The largest absolute Gasteiger partial charge is 0.398 e. The van der Waals surface area contributed by atoms with E-state index >= 15 is 0 Å². The van der Waals surface area contributed by atoms with Gasteiger partial charge in [0.2, 0.25) is 0 Å². The van der Waals surface area contributed by atoms with Gasteiger partial charge in [-0.3, -0.25) is 0 Å². The lowest BCUT2D eigenvalue weighted by Crippen LogP contribution is -2.01. The summed E-state index contributed by atoms with van der Waals surface area (Å²) < 4.78 is 3.18. The van der Waals surface area contributed by atoms with Crippen LogP contribution in [0.2, 0.25) is 5.02 Å². The van der Waals surface area contributed by atoms with Crippen LogP contribution in [0.3, 0.4) is 0 Å². The Kier molecular flexibility index (Phi) is 3.97. The fraction of sp³-hybridized carbons (Fsp3) is 0. The second-order valence-corrected chi connectivity index (χ2v) is 6.28. The predicted octanol–water partition coefficient (Wildman–Crippen LogP) is 4.09. The quantitative estimate of drug-likeness (QED) is 0.623. The van der Waals surface area contributed by atoms with Gasteiger partial charge in [-0.25, -0.2) is 0 Å². The third kappa shape index (κ3) is 2.68. The number of nitrogens with two attached hydrogens (primary N) is 1. The molecule has 0 aliphatic carbocycles. The van der Waals surface area contributed by atoms with Crippen molar-refractivity contribution in [3.05, 3.63) is 50.4 Å². The van der Waals surface area contributed by atoms with Crippen LogP contribution in [0.5, 0.6) is 0 Å². The number of nitrogens with zero attached hydrogens (tertiary/aromatic N) is 4. The molecule has 2 N–H and O–H groups in total. The average Bonchev–Trinajstić information content (AvgIpc) is 2.94. The van der Waals surface area contributed by atoms with Gasteiger partial charge >= 0.3 is 0 Å². The molecule has 5 nitrogen and oxygen atoms in total. The summed E-state index contributed by atoms with van der Waals surface area (Å²) >= 11 is 13.0. The van der Waals surface area contributed by atoms with E-state index in [9.17, 15) is 0 Å². The summed E-state index contributed by atoms with van der Waals surface area (Å²) in [4.78, 5) is 0. The Balaban J connectivity index is 2.17. The zero-order chi connectivity index (χ0) is 15.0. The van der Waals surface area contributed by atoms with E-state index in [0.717, 1.165) is 20.2 Å². The zero-order valence-electron chi connectivity index (χ0n) is 10.5. The minimum atomic E-state index is 0.576. The van der Waals surface area contributed by atoms with Crippen LogP contribution in [0.4, 0.5) is 5.69 Å². The first-order valence-corrected chi connectivity index (χ1v) is 7.82. The second kappa shape index (κ2) is 5.75. The minimum Gasteiger partial charge on any atom is -0.398 e. The van der Waals surface area contributed by atoms with Gasteiger partial charge in [0.15, 0.2) is 5.82 Å². The second-order valence-electron chi connectivity index (χ2n) is 4.22. The maximum absolute atomic E-state index is 6.13. The number of anilines is 1. The summed E-state index contributed by atoms with van der Waals surface area (Å²) in [5.41, 5.74) is 8.09. The smallest absolute Gasteiger partial charge is 0.188 e. The Bertz CT molecular complexity index is 818. The van der Waals surface area contributed by atoms with Gasteiger partial charge in [-0.1, -0.05) is 17.7 Å². The molecule has 3 aromatic rings. The molecule has 0 radical (unpaired) electrons. The molecule has 0 aliphatic heterocycles. The number of tetrazole rings is 1. The SMILES string of the molecule is Nc1cccc(-c2nnnn2-c2ccc(Br)c(Cl)c2)c1Br. The molecule has 3 rings (SSSR count). The first-order chi connectivity index (χ1) is 10.1. The number of rotatable bonds is 2. The summed E-state index contributed by atoms with van der Waals surface area (Å²) in [6.07, 6.45) is 0. The molecule has 0 saturated carbocycles. The molecule has 106 valence electrons. The Morgan fingerprint density at radius 3 is 2.71 bits per heavy atom. The first-order valence-electron chi connectivity index (χ1n) is 5.86. The molecule has 0 atom stereocenters. The van der Waals surface area contributed by atoms with Crippen LogP contribution in [0.15, 0.2) is 45.3 Å². The van der Waals surface area contributed by atoms with Crippen LogP contribution < -0.4 is 5.73 Å². The third-order valence-corrected chi connectivity index (χ3v) is 5.00. The molecule has 0 fully saturated rings. The van der Waals surface area contributed by atoms with Gasteiger partial charge in [0, 0.05) is 15.7 Å². The maximum Gasteiger partial charge on any atom is 0.188 e. The zero-order valence-corrected chi connectivity index (χ0v) is 14.4. The van der Waals surface area contributed by atoms with E-state index in [2.05, 4.69) is 47.4 Å². The van der Waals surface area contributed by atoms with Gasteiger partial charge in [0.25, 0.3) is 0 Å². The van der Waals surface area contributed by atoms with Crippen LogP contribution in [0, 0.1) is 0 Å². The standard InChI is InChI=1S/C13H8Br2ClN5/c14-9-5-4-7(6-10(9)16)21-13(18-19-20-21)8-2-1-3-11(17)12(8)15/h1-6H,17H2. The molecule has 0 bridgehead atoms. The lowest BCUT2D eigenvalue weighted by Gasteiger charge is -2.08. The summed E-state index contributed by atoms with van der Waals surface area (Å²) in [7, 11) is 0. The van der Waals surface area contributed by atoms with Crippen LogP contribution >= 0.6 is 43.5 Å². The van der Waals surface area contributed by atoms with Crippen molar-refractivity contribution in [1.82, 2.24) is 20.2 Å². The van der Waals surface area contributed by atoms with Crippen LogP contribution in [0.1, 0.15) is 0 Å². The first kappa shape index (κ1) is 14.5. The average molecular weight is 430 g/mol. The number of benzene rings is 2. The highest BCUT2D eigenvalue weighted by Gasteiger charge is 2.15. The normalized spacial score (nSPS) is 10.8. The highest BCUT2D eigenvalue weighted by atomic mass is 79.9. The molecule has 21 heavy (non-hydrogen) atoms. The van der Waals surface area contributed by atoms with E-state index in [4.69, 9.17) is 17.3 Å². The van der Waals surface area contributed by atoms with Crippen LogP contribution in [-0.4, -0.2) is 20.2 Å². The van der Waals surface area contributed by atoms with Crippen LogP contribution in [0.25, 0.3) is 17.1 Å². The number of nitrogen functional groups attached to an aromatic ring is 1. The summed E-state index contributed by atoms with van der Waals surface area (Å²) in [5, 5.41) is 12.4. The van der Waals surface area contributed by atoms with Crippen molar-refractivity contribution in [3.63, 3.8) is 0 Å². The Hall–Kier alpha value is -1.44. The summed E-state index contributed by atoms with van der Waals surface area (Å²) in [6, 6.07) is 11.0. The number of hydrogen-bond donors (Lipinski definition) is 1. The highest BCUT2D eigenvalue weighted by Crippen LogP contribution is 2.32. The van der Waals surface area contributed by atoms with Gasteiger partial charge < -0.3 is 5.73 Å². The van der Waals surface area contributed by atoms with Gasteiger partial charge in [0.1, 0.15) is 0 Å². The molecule has 8 heteroatoms. The van der Waals surface area contributed by atoms with Crippen molar-refractivity contribution in [1.29, 1.82) is 0 Å². The lowest BCUT2D eigenvalue weighted by molar-refractivity contribution is 0.791. The van der Waals surface area contributed by atoms with Crippen molar-refractivity contribution in [2.24, 2.45) is 0 Å². The fourth-order valence-corrected chi connectivity index (χ4v) is 2.73. The number of halogens is 3. The van der Waals surface area contributed by atoms with E-state index in [1.165, 1.54) is 0 Å². The summed E-state index contributed by atoms with van der Waals surface area (Å²) in [6.45, 7) is 0. The van der Waals surface area contributed by atoms with E-state index in [-0.39, 0.29) is 0 Å². The van der Waals surface area contributed by atoms with Crippen molar-refractivity contribution in [2.45, 2.75) is 0 Å². The molecule has 0 aliphatic rings. The molecule has 1 aromatic heterocycles. The molecule has 0 spiro atoms. The van der Waals surface area contributed by atoms with E-state index in [0.29, 0.717) is 16.5 Å². The van der Waals surface area contributed by atoms with E-state index in [1.807, 2.05) is 24.3 Å². The molecule has 1 heterocycles. The van der Waals surface area contributed by atoms with Gasteiger partial charge in [-0.15, -0.1) is 5.10 Å². The Labute approximate surface area is 142 Å². The number of hydrogen-bond acceptors (Lipinski definition) is 4.